The Morgan fingerprint density at radius 1 is 1.20 bits per heavy atom. The normalized spacial score (nSPS) is 10.7. The minimum Gasteiger partial charge on any atom is -0.486 e. The van der Waals surface area contributed by atoms with E-state index in [1.165, 1.54) is 12.2 Å². The van der Waals surface area contributed by atoms with Crippen LogP contribution in [0.15, 0.2) is 64.1 Å². The van der Waals surface area contributed by atoms with Gasteiger partial charge < -0.3 is 9.47 Å². The van der Waals surface area contributed by atoms with Gasteiger partial charge in [-0.2, -0.15) is 0 Å². The molecule has 6 heteroatoms. The van der Waals surface area contributed by atoms with Crippen molar-refractivity contribution in [2.24, 2.45) is 0 Å². The number of halogens is 3. The fraction of sp³-hybridized carbons (Fsp3) is 0.105. The van der Waals surface area contributed by atoms with E-state index in [9.17, 15) is 4.79 Å². The Kier molecular flexibility index (Phi) is 7.75. The number of hydrogen-bond acceptors (Lipinski definition) is 3. The predicted molar refractivity (Wildman–Crippen MR) is 108 cm³/mol. The van der Waals surface area contributed by atoms with Gasteiger partial charge in [0.2, 0.25) is 0 Å². The highest BCUT2D eigenvalue weighted by molar-refractivity contribution is 9.10. The van der Waals surface area contributed by atoms with E-state index in [-0.39, 0.29) is 6.61 Å². The maximum absolute atomic E-state index is 11.5. The molecule has 0 saturated heterocycles. The number of benzene rings is 2. The Bertz CT molecular complexity index is 763. The van der Waals surface area contributed by atoms with Crippen molar-refractivity contribution >= 4 is 55.5 Å². The van der Waals surface area contributed by atoms with Crippen LogP contribution in [-0.4, -0.2) is 12.6 Å². The number of ether oxygens (including phenoxy) is 2. The standard InChI is InChI=1S/C19H15Br2ClO3/c1-2-9-24-18(23)8-5-14-10-16(21)19(17(22)11-14)25-12-13-3-6-15(20)7-4-13/h2-8,10-11H,1,9,12H2/b8-5+. The van der Waals surface area contributed by atoms with E-state index in [4.69, 9.17) is 21.1 Å². The molecule has 2 aromatic rings. The molecule has 0 saturated carbocycles. The van der Waals surface area contributed by atoms with Crippen molar-refractivity contribution in [2.75, 3.05) is 6.61 Å². The van der Waals surface area contributed by atoms with Gasteiger partial charge in [-0.25, -0.2) is 4.79 Å². The van der Waals surface area contributed by atoms with Gasteiger partial charge in [-0.3, -0.25) is 0 Å². The summed E-state index contributed by atoms with van der Waals surface area (Å²) in [7, 11) is 0. The molecule has 0 fully saturated rings. The molecule has 0 N–H and O–H groups in total. The van der Waals surface area contributed by atoms with E-state index in [1.54, 1.807) is 12.1 Å². The van der Waals surface area contributed by atoms with E-state index < -0.39 is 5.97 Å². The van der Waals surface area contributed by atoms with Gasteiger partial charge in [0, 0.05) is 10.5 Å². The molecule has 0 aromatic heterocycles. The minimum atomic E-state index is -0.442. The highest BCUT2D eigenvalue weighted by Crippen LogP contribution is 2.35. The Morgan fingerprint density at radius 3 is 2.56 bits per heavy atom. The lowest BCUT2D eigenvalue weighted by molar-refractivity contribution is -0.136. The second-order valence-corrected chi connectivity index (χ2v) is 7.16. The van der Waals surface area contributed by atoms with Crippen molar-refractivity contribution in [2.45, 2.75) is 6.61 Å². The van der Waals surface area contributed by atoms with Gasteiger partial charge in [-0.1, -0.05) is 52.3 Å². The lowest BCUT2D eigenvalue weighted by Crippen LogP contribution is -1.99. The number of carbonyl (C=O) groups excluding carboxylic acids is 1. The Labute approximate surface area is 168 Å². The summed E-state index contributed by atoms with van der Waals surface area (Å²) in [5.74, 6) is 0.110. The first kappa shape index (κ1) is 19.8. The van der Waals surface area contributed by atoms with Gasteiger partial charge >= 0.3 is 5.97 Å². The van der Waals surface area contributed by atoms with Crippen LogP contribution >= 0.6 is 43.5 Å². The molecule has 0 radical (unpaired) electrons. The van der Waals surface area contributed by atoms with Crippen molar-refractivity contribution in [3.8, 4) is 5.75 Å². The fourth-order valence-electron chi connectivity index (χ4n) is 1.90. The molecule has 25 heavy (non-hydrogen) atoms. The lowest BCUT2D eigenvalue weighted by atomic mass is 10.2. The van der Waals surface area contributed by atoms with Crippen LogP contribution < -0.4 is 4.74 Å². The van der Waals surface area contributed by atoms with Gasteiger partial charge in [0.25, 0.3) is 0 Å². The van der Waals surface area contributed by atoms with Crippen molar-refractivity contribution < 1.29 is 14.3 Å². The molecule has 0 aliphatic carbocycles. The quantitative estimate of drug-likeness (QED) is 0.266. The summed E-state index contributed by atoms with van der Waals surface area (Å²) in [6, 6.07) is 11.4. The summed E-state index contributed by atoms with van der Waals surface area (Å²) < 4.78 is 12.4. The first-order chi connectivity index (χ1) is 12.0. The molecular formula is C19H15Br2ClO3. The third kappa shape index (κ3) is 6.34. The first-order valence-corrected chi connectivity index (χ1v) is 9.28. The number of rotatable bonds is 7. The third-order valence-electron chi connectivity index (χ3n) is 3.07. The van der Waals surface area contributed by atoms with Gasteiger partial charge in [-0.15, -0.1) is 0 Å². The van der Waals surface area contributed by atoms with Crippen molar-refractivity contribution in [1.82, 2.24) is 0 Å². The van der Waals surface area contributed by atoms with Crippen LogP contribution in [-0.2, 0) is 16.1 Å². The molecular weight excluding hydrogens is 471 g/mol. The van der Waals surface area contributed by atoms with E-state index in [0.29, 0.717) is 21.9 Å². The largest absolute Gasteiger partial charge is 0.486 e. The summed E-state index contributed by atoms with van der Waals surface area (Å²) in [6.07, 6.45) is 4.47. The molecule has 0 amide bonds. The second kappa shape index (κ2) is 9.80. The molecule has 0 aliphatic rings. The predicted octanol–water partition coefficient (Wildman–Crippen LogP) is 6.19. The van der Waals surface area contributed by atoms with Crippen LogP contribution in [0.2, 0.25) is 5.02 Å². The highest BCUT2D eigenvalue weighted by atomic mass is 79.9. The first-order valence-electron chi connectivity index (χ1n) is 7.31. The van der Waals surface area contributed by atoms with Crippen molar-refractivity contribution in [3.05, 3.63) is 80.2 Å². The molecule has 0 bridgehead atoms. The van der Waals surface area contributed by atoms with Crippen molar-refractivity contribution in [3.63, 3.8) is 0 Å². The molecule has 0 aliphatic heterocycles. The number of carbonyl (C=O) groups is 1. The molecule has 2 aromatic carbocycles. The van der Waals surface area contributed by atoms with Crippen LogP contribution in [0.1, 0.15) is 11.1 Å². The number of esters is 1. The summed E-state index contributed by atoms with van der Waals surface area (Å²) in [6.45, 7) is 4.06. The molecule has 0 atom stereocenters. The molecule has 3 nitrogen and oxygen atoms in total. The molecule has 0 spiro atoms. The van der Waals surface area contributed by atoms with E-state index in [0.717, 1.165) is 15.6 Å². The van der Waals surface area contributed by atoms with E-state index in [2.05, 4.69) is 38.4 Å². The van der Waals surface area contributed by atoms with Gasteiger partial charge in [0.1, 0.15) is 13.2 Å². The molecule has 0 unspecified atom stereocenters. The second-order valence-electron chi connectivity index (χ2n) is 4.98. The Hall–Kier alpha value is -1.56. The fourth-order valence-corrected chi connectivity index (χ4v) is 3.16. The maximum atomic E-state index is 11.5. The minimum absolute atomic E-state index is 0.177. The van der Waals surface area contributed by atoms with Gasteiger partial charge in [-0.05, 0) is 57.4 Å². The monoisotopic (exact) mass is 484 g/mol. The summed E-state index contributed by atoms with van der Waals surface area (Å²) in [4.78, 5) is 11.5. The lowest BCUT2D eigenvalue weighted by Gasteiger charge is -2.11. The molecule has 130 valence electrons. The average Bonchev–Trinajstić information content (AvgIpc) is 2.59. The zero-order valence-electron chi connectivity index (χ0n) is 13.2. The summed E-state index contributed by atoms with van der Waals surface area (Å²) in [5, 5.41) is 0.450. The SMILES string of the molecule is C=CCOC(=O)/C=C/c1cc(Cl)c(OCc2ccc(Br)cc2)c(Br)c1. The van der Waals surface area contributed by atoms with Crippen LogP contribution in [0.3, 0.4) is 0 Å². The van der Waals surface area contributed by atoms with Gasteiger partial charge in [0.05, 0.1) is 9.50 Å². The zero-order chi connectivity index (χ0) is 18.2. The molecule has 0 heterocycles. The Morgan fingerprint density at radius 2 is 1.92 bits per heavy atom. The zero-order valence-corrected chi connectivity index (χ0v) is 17.1. The molecule has 2 rings (SSSR count). The van der Waals surface area contributed by atoms with Crippen molar-refractivity contribution in [1.29, 1.82) is 0 Å². The van der Waals surface area contributed by atoms with E-state index in [1.807, 2.05) is 30.3 Å². The number of hydrogen-bond donors (Lipinski definition) is 0. The van der Waals surface area contributed by atoms with Crippen LogP contribution in [0.4, 0.5) is 0 Å². The topological polar surface area (TPSA) is 35.5 Å². The van der Waals surface area contributed by atoms with Crippen LogP contribution in [0, 0.1) is 0 Å². The van der Waals surface area contributed by atoms with Crippen LogP contribution in [0.5, 0.6) is 5.75 Å². The third-order valence-corrected chi connectivity index (χ3v) is 4.47. The summed E-state index contributed by atoms with van der Waals surface area (Å²) >= 11 is 13.1. The summed E-state index contributed by atoms with van der Waals surface area (Å²) in [5.41, 5.74) is 1.78. The Balaban J connectivity index is 2.06. The van der Waals surface area contributed by atoms with Gasteiger partial charge in [0.15, 0.2) is 5.75 Å². The van der Waals surface area contributed by atoms with Crippen LogP contribution in [0.25, 0.3) is 6.08 Å². The maximum Gasteiger partial charge on any atom is 0.331 e. The smallest absolute Gasteiger partial charge is 0.331 e. The average molecular weight is 487 g/mol. The highest BCUT2D eigenvalue weighted by Gasteiger charge is 2.09. The van der Waals surface area contributed by atoms with E-state index >= 15 is 0 Å².